The zero-order chi connectivity index (χ0) is 25.2. The standard InChI is InChI=1S/C33H36N2O/c1-5-32(36)26-12-10-25(11-13-26)29-14-9-24(16-23(29)4)17-31-33-22(3)7-6-8-27(33)18-30(35-31)28-15-21(2)19-34-20-28/h6,8-9,14-16,18-20,25-26H,3,5,7,10-13,17H2,1-2,4H3. The van der Waals surface area contributed by atoms with Gasteiger partial charge in [-0.05, 0) is 97.4 Å². The van der Waals surface area contributed by atoms with E-state index in [0.717, 1.165) is 66.6 Å². The van der Waals surface area contributed by atoms with Crippen molar-refractivity contribution in [3.05, 3.63) is 94.5 Å². The lowest BCUT2D eigenvalue weighted by molar-refractivity contribution is -0.123. The van der Waals surface area contributed by atoms with Gasteiger partial charge in [0.05, 0.1) is 11.4 Å². The molecular formula is C33H36N2O. The van der Waals surface area contributed by atoms with Gasteiger partial charge in [-0.1, -0.05) is 43.9 Å². The lowest BCUT2D eigenvalue weighted by Crippen LogP contribution is -2.20. The third-order valence-corrected chi connectivity index (χ3v) is 7.99. The first-order chi connectivity index (χ1) is 17.4. The Morgan fingerprint density at radius 1 is 1.06 bits per heavy atom. The van der Waals surface area contributed by atoms with Crippen LogP contribution in [0.3, 0.4) is 0 Å². The van der Waals surface area contributed by atoms with Crippen LogP contribution in [0.25, 0.3) is 22.9 Å². The van der Waals surface area contributed by atoms with Gasteiger partial charge in [0.15, 0.2) is 0 Å². The maximum atomic E-state index is 12.1. The summed E-state index contributed by atoms with van der Waals surface area (Å²) in [6.07, 6.45) is 14.8. The predicted molar refractivity (Wildman–Crippen MR) is 149 cm³/mol. The second-order valence-corrected chi connectivity index (χ2v) is 10.6. The molecule has 2 aliphatic rings. The van der Waals surface area contributed by atoms with Crippen molar-refractivity contribution >= 4 is 17.4 Å². The maximum absolute atomic E-state index is 12.1. The quantitative estimate of drug-likeness (QED) is 0.361. The molecule has 3 heteroatoms. The van der Waals surface area contributed by atoms with E-state index in [4.69, 9.17) is 4.98 Å². The summed E-state index contributed by atoms with van der Waals surface area (Å²) in [7, 11) is 0. The lowest BCUT2D eigenvalue weighted by atomic mass is 9.75. The molecular weight excluding hydrogens is 440 g/mol. The zero-order valence-electron chi connectivity index (χ0n) is 21.8. The second-order valence-electron chi connectivity index (χ2n) is 10.6. The van der Waals surface area contributed by atoms with Crippen LogP contribution >= 0.6 is 0 Å². The van der Waals surface area contributed by atoms with E-state index in [1.165, 1.54) is 27.8 Å². The van der Waals surface area contributed by atoms with Crippen LogP contribution in [0.5, 0.6) is 0 Å². The molecule has 0 amide bonds. The zero-order valence-corrected chi connectivity index (χ0v) is 21.8. The largest absolute Gasteiger partial charge is 0.299 e. The fraction of sp³-hybridized carbons (Fsp3) is 0.364. The molecule has 0 spiro atoms. The van der Waals surface area contributed by atoms with Crippen molar-refractivity contribution in [1.29, 1.82) is 0 Å². The Kier molecular flexibility index (Phi) is 7.00. The van der Waals surface area contributed by atoms with Gasteiger partial charge in [0, 0.05) is 42.3 Å². The van der Waals surface area contributed by atoms with Crippen LogP contribution in [0.4, 0.5) is 0 Å². The molecule has 1 saturated carbocycles. The van der Waals surface area contributed by atoms with E-state index in [2.05, 4.69) is 67.9 Å². The first kappa shape index (κ1) is 24.4. The number of hydrogen-bond donors (Lipinski definition) is 0. The van der Waals surface area contributed by atoms with E-state index in [1.54, 1.807) is 0 Å². The smallest absolute Gasteiger partial charge is 0.135 e. The summed E-state index contributed by atoms with van der Waals surface area (Å²) in [5.74, 6) is 1.28. The highest BCUT2D eigenvalue weighted by molar-refractivity contribution is 5.82. The number of rotatable bonds is 6. The summed E-state index contributed by atoms with van der Waals surface area (Å²) in [5, 5.41) is 0. The Bertz CT molecular complexity index is 1340. The van der Waals surface area contributed by atoms with Crippen LogP contribution in [-0.4, -0.2) is 15.8 Å². The van der Waals surface area contributed by atoms with Gasteiger partial charge in [-0.2, -0.15) is 0 Å². The summed E-state index contributed by atoms with van der Waals surface area (Å²) in [4.78, 5) is 21.7. The monoisotopic (exact) mass is 476 g/mol. The molecule has 0 aliphatic heterocycles. The van der Waals surface area contributed by atoms with E-state index in [9.17, 15) is 4.79 Å². The molecule has 2 aromatic heterocycles. The van der Waals surface area contributed by atoms with Crippen molar-refractivity contribution in [2.45, 2.75) is 71.6 Å². The normalized spacial score (nSPS) is 19.2. The van der Waals surface area contributed by atoms with Crippen LogP contribution in [-0.2, 0) is 11.2 Å². The number of pyridine rings is 2. The average molecular weight is 477 g/mol. The number of carbonyl (C=O) groups is 1. The van der Waals surface area contributed by atoms with Crippen LogP contribution < -0.4 is 0 Å². The van der Waals surface area contributed by atoms with Crippen molar-refractivity contribution in [3.8, 4) is 11.3 Å². The Labute approximate surface area is 215 Å². The molecule has 0 radical (unpaired) electrons. The van der Waals surface area contributed by atoms with E-state index in [-0.39, 0.29) is 5.92 Å². The molecule has 0 N–H and O–H groups in total. The molecule has 3 nitrogen and oxygen atoms in total. The van der Waals surface area contributed by atoms with Gasteiger partial charge in [-0.15, -0.1) is 0 Å². The number of carbonyl (C=O) groups excluding carboxylic acids is 1. The lowest BCUT2D eigenvalue weighted by Gasteiger charge is -2.29. The Morgan fingerprint density at radius 3 is 2.58 bits per heavy atom. The van der Waals surface area contributed by atoms with Gasteiger partial charge < -0.3 is 0 Å². The SMILES string of the molecule is C=C1CC=Cc2cc(-c3cncc(C)c3)nc(Cc3ccc(C4CCC(C(=O)CC)CC4)c(C)c3)c21. The minimum Gasteiger partial charge on any atom is -0.299 e. The first-order valence-electron chi connectivity index (χ1n) is 13.4. The predicted octanol–water partition coefficient (Wildman–Crippen LogP) is 8.03. The summed E-state index contributed by atoms with van der Waals surface area (Å²) in [6, 6.07) is 11.3. The average Bonchev–Trinajstić information content (AvgIpc) is 2.88. The summed E-state index contributed by atoms with van der Waals surface area (Å²) >= 11 is 0. The summed E-state index contributed by atoms with van der Waals surface area (Å²) < 4.78 is 0. The Hall–Kier alpha value is -3.33. The number of Topliss-reactive ketones (excluding diaryl/α,β-unsaturated/α-hetero) is 1. The minimum atomic E-state index is 0.279. The van der Waals surface area contributed by atoms with Gasteiger partial charge in [-0.25, -0.2) is 0 Å². The Morgan fingerprint density at radius 2 is 1.86 bits per heavy atom. The molecule has 1 fully saturated rings. The molecule has 3 aromatic rings. The van der Waals surface area contributed by atoms with Gasteiger partial charge in [0.2, 0.25) is 0 Å². The first-order valence-corrected chi connectivity index (χ1v) is 13.4. The number of hydrogen-bond acceptors (Lipinski definition) is 3. The van der Waals surface area contributed by atoms with Crippen LogP contribution in [0, 0.1) is 19.8 Å². The maximum Gasteiger partial charge on any atom is 0.135 e. The fourth-order valence-corrected chi connectivity index (χ4v) is 6.07. The third kappa shape index (κ3) is 4.97. The van der Waals surface area contributed by atoms with Crippen molar-refractivity contribution in [2.24, 2.45) is 5.92 Å². The van der Waals surface area contributed by atoms with Crippen LogP contribution in [0.15, 0.2) is 55.4 Å². The fourth-order valence-electron chi connectivity index (χ4n) is 6.07. The second kappa shape index (κ2) is 10.3. The highest BCUT2D eigenvalue weighted by Crippen LogP contribution is 2.39. The molecule has 36 heavy (non-hydrogen) atoms. The molecule has 5 rings (SSSR count). The van der Waals surface area contributed by atoms with Gasteiger partial charge in [-0.3, -0.25) is 14.8 Å². The van der Waals surface area contributed by atoms with Gasteiger partial charge >= 0.3 is 0 Å². The van der Waals surface area contributed by atoms with E-state index in [0.29, 0.717) is 18.1 Å². The summed E-state index contributed by atoms with van der Waals surface area (Å²) in [6.45, 7) is 10.7. The van der Waals surface area contributed by atoms with Crippen LogP contribution in [0.2, 0.25) is 0 Å². The highest BCUT2D eigenvalue weighted by atomic mass is 16.1. The van der Waals surface area contributed by atoms with Gasteiger partial charge in [0.1, 0.15) is 5.78 Å². The van der Waals surface area contributed by atoms with Crippen LogP contribution in [0.1, 0.15) is 90.4 Å². The highest BCUT2D eigenvalue weighted by Gasteiger charge is 2.27. The van der Waals surface area contributed by atoms with Crippen molar-refractivity contribution in [1.82, 2.24) is 9.97 Å². The molecule has 0 bridgehead atoms. The van der Waals surface area contributed by atoms with E-state index >= 15 is 0 Å². The third-order valence-electron chi connectivity index (χ3n) is 7.99. The number of allylic oxidation sites excluding steroid dienone is 2. The van der Waals surface area contributed by atoms with E-state index in [1.807, 2.05) is 19.3 Å². The number of aryl methyl sites for hydroxylation is 2. The number of fused-ring (bicyclic) bond motifs is 1. The van der Waals surface area contributed by atoms with Crippen molar-refractivity contribution in [3.63, 3.8) is 0 Å². The molecule has 2 aliphatic carbocycles. The number of aromatic nitrogens is 2. The Balaban J connectivity index is 1.43. The van der Waals surface area contributed by atoms with E-state index < -0.39 is 0 Å². The minimum absolute atomic E-state index is 0.279. The molecule has 2 heterocycles. The van der Waals surface area contributed by atoms with Gasteiger partial charge in [0.25, 0.3) is 0 Å². The molecule has 0 atom stereocenters. The number of benzene rings is 1. The molecule has 1 aromatic carbocycles. The molecule has 0 unspecified atom stereocenters. The summed E-state index contributed by atoms with van der Waals surface area (Å²) in [5.41, 5.74) is 11.8. The molecule has 184 valence electrons. The topological polar surface area (TPSA) is 42.9 Å². The molecule has 0 saturated heterocycles. The van der Waals surface area contributed by atoms with Crippen molar-refractivity contribution in [2.75, 3.05) is 0 Å². The number of ketones is 1. The van der Waals surface area contributed by atoms with Crippen molar-refractivity contribution < 1.29 is 4.79 Å². The number of nitrogens with zero attached hydrogens (tertiary/aromatic N) is 2.